The summed E-state index contributed by atoms with van der Waals surface area (Å²) < 4.78 is 29.9. The average Bonchev–Trinajstić information content (AvgIpc) is 3.00. The molecule has 1 heterocycles. The Balaban J connectivity index is 1.60. The van der Waals surface area contributed by atoms with E-state index in [0.717, 1.165) is 29.8 Å². The number of hydrogen-bond donors (Lipinski definition) is 1. The predicted molar refractivity (Wildman–Crippen MR) is 154 cm³/mol. The Morgan fingerprint density at radius 1 is 0.927 bits per heavy atom. The van der Waals surface area contributed by atoms with E-state index in [4.69, 9.17) is 14.2 Å². The molecule has 1 saturated heterocycles. The molecule has 1 N–H and O–H groups in total. The van der Waals surface area contributed by atoms with Gasteiger partial charge in [0.2, 0.25) is 11.8 Å². The Morgan fingerprint density at radius 3 is 2.29 bits per heavy atom. The van der Waals surface area contributed by atoms with Crippen molar-refractivity contribution < 1.29 is 28.2 Å². The zero-order valence-electron chi connectivity index (χ0n) is 23.7. The van der Waals surface area contributed by atoms with E-state index in [2.05, 4.69) is 10.2 Å². The van der Waals surface area contributed by atoms with E-state index in [-0.39, 0.29) is 30.6 Å². The molecule has 1 aliphatic rings. The number of nitrogens with zero attached hydrogens (tertiary/aromatic N) is 2. The standard InChI is InChI=1S/C32H38FN3O5/c1-39-29-13-10-26(21-30(29)40-2)22-31(37)36(23-25-8-11-27(33)12-9-25)28(20-24-6-4-3-5-7-24)32(38)34-14-15-35-16-18-41-19-17-35/h3-13,21,28H,14-20,22-23H2,1-2H3,(H,34,38)/t28-/m0/s1. The third-order valence-electron chi connectivity index (χ3n) is 7.17. The SMILES string of the molecule is COc1ccc(CC(=O)N(Cc2ccc(F)cc2)[C@@H](Cc2ccccc2)C(=O)NCCN2CCOCC2)cc1OC. The van der Waals surface area contributed by atoms with Gasteiger partial charge in [-0.05, 0) is 41.0 Å². The van der Waals surface area contributed by atoms with E-state index < -0.39 is 6.04 Å². The first-order chi connectivity index (χ1) is 20.0. The van der Waals surface area contributed by atoms with Crippen LogP contribution in [0.15, 0.2) is 72.8 Å². The van der Waals surface area contributed by atoms with Crippen molar-refractivity contribution in [3.8, 4) is 11.5 Å². The van der Waals surface area contributed by atoms with Crippen LogP contribution < -0.4 is 14.8 Å². The second-order valence-corrected chi connectivity index (χ2v) is 9.96. The number of carbonyl (C=O) groups excluding carboxylic acids is 2. The van der Waals surface area contributed by atoms with E-state index in [1.54, 1.807) is 43.4 Å². The van der Waals surface area contributed by atoms with Crippen LogP contribution in [0.25, 0.3) is 0 Å². The zero-order chi connectivity index (χ0) is 29.0. The number of benzene rings is 3. The fourth-order valence-electron chi connectivity index (χ4n) is 4.89. The minimum Gasteiger partial charge on any atom is -0.493 e. The molecule has 218 valence electrons. The van der Waals surface area contributed by atoms with E-state index in [0.29, 0.717) is 44.2 Å². The summed E-state index contributed by atoms with van der Waals surface area (Å²) in [6.45, 7) is 4.32. The summed E-state index contributed by atoms with van der Waals surface area (Å²) >= 11 is 0. The second-order valence-electron chi connectivity index (χ2n) is 9.96. The van der Waals surface area contributed by atoms with Crippen LogP contribution in [0, 0.1) is 5.82 Å². The Hall–Kier alpha value is -3.95. The van der Waals surface area contributed by atoms with Gasteiger partial charge < -0.3 is 24.4 Å². The van der Waals surface area contributed by atoms with Gasteiger partial charge in [0, 0.05) is 39.1 Å². The summed E-state index contributed by atoms with van der Waals surface area (Å²) in [5.74, 6) is 0.257. The molecule has 0 radical (unpaired) electrons. The molecule has 0 bridgehead atoms. The number of hydrogen-bond acceptors (Lipinski definition) is 6. The normalized spacial score (nSPS) is 14.2. The van der Waals surface area contributed by atoms with Gasteiger partial charge in [0.1, 0.15) is 11.9 Å². The Bertz CT molecular complexity index is 1270. The maximum Gasteiger partial charge on any atom is 0.243 e. The van der Waals surface area contributed by atoms with E-state index in [1.807, 2.05) is 36.4 Å². The third-order valence-corrected chi connectivity index (χ3v) is 7.17. The minimum atomic E-state index is -0.778. The first kappa shape index (κ1) is 30.0. The highest BCUT2D eigenvalue weighted by molar-refractivity contribution is 5.89. The number of ether oxygens (including phenoxy) is 3. The summed E-state index contributed by atoms with van der Waals surface area (Å²) in [7, 11) is 3.10. The number of halogens is 1. The summed E-state index contributed by atoms with van der Waals surface area (Å²) in [6.07, 6.45) is 0.386. The largest absolute Gasteiger partial charge is 0.493 e. The maximum absolute atomic E-state index is 14.0. The molecular formula is C32H38FN3O5. The van der Waals surface area contributed by atoms with Gasteiger partial charge in [-0.15, -0.1) is 0 Å². The number of rotatable bonds is 13. The Kier molecular flexibility index (Phi) is 11.1. The number of nitrogens with one attached hydrogen (secondary N) is 1. The average molecular weight is 564 g/mol. The van der Waals surface area contributed by atoms with Crippen LogP contribution in [0.3, 0.4) is 0 Å². The molecule has 0 spiro atoms. The van der Waals surface area contributed by atoms with Crippen LogP contribution in [-0.2, 0) is 33.7 Å². The predicted octanol–water partition coefficient (Wildman–Crippen LogP) is 3.47. The number of morpholine rings is 1. The molecule has 4 rings (SSSR count). The van der Waals surface area contributed by atoms with Crippen LogP contribution in [-0.4, -0.2) is 81.3 Å². The highest BCUT2D eigenvalue weighted by atomic mass is 19.1. The van der Waals surface area contributed by atoms with E-state index in [1.165, 1.54) is 12.1 Å². The molecule has 1 fully saturated rings. The quantitative estimate of drug-likeness (QED) is 0.343. The minimum absolute atomic E-state index is 0.0495. The van der Waals surface area contributed by atoms with Crippen molar-refractivity contribution in [2.75, 3.05) is 53.6 Å². The lowest BCUT2D eigenvalue weighted by molar-refractivity contribution is -0.140. The van der Waals surface area contributed by atoms with Crippen LogP contribution in [0.1, 0.15) is 16.7 Å². The van der Waals surface area contributed by atoms with E-state index >= 15 is 0 Å². The van der Waals surface area contributed by atoms with Crippen molar-refractivity contribution in [3.63, 3.8) is 0 Å². The third kappa shape index (κ3) is 8.77. The lowest BCUT2D eigenvalue weighted by atomic mass is 10.0. The molecule has 3 aromatic carbocycles. The fraction of sp³-hybridized carbons (Fsp3) is 0.375. The molecule has 8 nitrogen and oxygen atoms in total. The second kappa shape index (κ2) is 15.2. The van der Waals surface area contributed by atoms with Crippen LogP contribution in [0.5, 0.6) is 11.5 Å². The molecule has 0 saturated carbocycles. The van der Waals surface area contributed by atoms with Gasteiger partial charge >= 0.3 is 0 Å². The van der Waals surface area contributed by atoms with Gasteiger partial charge in [-0.1, -0.05) is 48.5 Å². The first-order valence-electron chi connectivity index (χ1n) is 13.8. The van der Waals surface area contributed by atoms with Crippen LogP contribution >= 0.6 is 0 Å². The molecule has 1 atom stereocenters. The fourth-order valence-corrected chi connectivity index (χ4v) is 4.89. The van der Waals surface area contributed by atoms with Crippen LogP contribution in [0.4, 0.5) is 4.39 Å². The number of methoxy groups -OCH3 is 2. The maximum atomic E-state index is 14.0. The molecule has 0 aliphatic carbocycles. The first-order valence-corrected chi connectivity index (χ1v) is 13.8. The van der Waals surface area contributed by atoms with Gasteiger partial charge in [0.15, 0.2) is 11.5 Å². The highest BCUT2D eigenvalue weighted by Gasteiger charge is 2.30. The van der Waals surface area contributed by atoms with Gasteiger partial charge in [0.25, 0.3) is 0 Å². The van der Waals surface area contributed by atoms with Gasteiger partial charge in [-0.2, -0.15) is 0 Å². The van der Waals surface area contributed by atoms with Gasteiger partial charge in [0.05, 0.1) is 33.9 Å². The lowest BCUT2D eigenvalue weighted by Gasteiger charge is -2.32. The molecule has 0 unspecified atom stereocenters. The van der Waals surface area contributed by atoms with Crippen LogP contribution in [0.2, 0.25) is 0 Å². The monoisotopic (exact) mass is 563 g/mol. The highest BCUT2D eigenvalue weighted by Crippen LogP contribution is 2.28. The molecule has 2 amide bonds. The lowest BCUT2D eigenvalue weighted by Crippen LogP contribution is -2.52. The Morgan fingerprint density at radius 2 is 1.61 bits per heavy atom. The van der Waals surface area contributed by atoms with Crippen molar-refractivity contribution in [1.29, 1.82) is 0 Å². The summed E-state index contributed by atoms with van der Waals surface area (Å²) in [5.41, 5.74) is 2.39. The topological polar surface area (TPSA) is 80.3 Å². The number of amides is 2. The molecule has 0 aromatic heterocycles. The van der Waals surface area contributed by atoms with Gasteiger partial charge in [-0.3, -0.25) is 14.5 Å². The summed E-state index contributed by atoms with van der Waals surface area (Å²) in [5, 5.41) is 3.07. The van der Waals surface area contributed by atoms with Crippen molar-refractivity contribution in [2.45, 2.75) is 25.4 Å². The molecule has 3 aromatic rings. The Labute approximate surface area is 241 Å². The zero-order valence-corrected chi connectivity index (χ0v) is 23.7. The van der Waals surface area contributed by atoms with Gasteiger partial charge in [-0.25, -0.2) is 4.39 Å². The smallest absolute Gasteiger partial charge is 0.243 e. The van der Waals surface area contributed by atoms with Crippen molar-refractivity contribution in [2.24, 2.45) is 0 Å². The molecule has 9 heteroatoms. The van der Waals surface area contributed by atoms with Crippen molar-refractivity contribution >= 4 is 11.8 Å². The molecular weight excluding hydrogens is 525 g/mol. The summed E-state index contributed by atoms with van der Waals surface area (Å²) in [4.78, 5) is 31.6. The number of carbonyl (C=O) groups is 2. The van der Waals surface area contributed by atoms with Crippen molar-refractivity contribution in [1.82, 2.24) is 15.1 Å². The molecule has 41 heavy (non-hydrogen) atoms. The summed E-state index contributed by atoms with van der Waals surface area (Å²) in [6, 6.07) is 20.2. The van der Waals surface area contributed by atoms with Crippen molar-refractivity contribution in [3.05, 3.63) is 95.3 Å². The molecule has 1 aliphatic heterocycles. The van der Waals surface area contributed by atoms with E-state index in [9.17, 15) is 14.0 Å².